The van der Waals surface area contributed by atoms with Crippen molar-refractivity contribution in [2.24, 2.45) is 16.6 Å². The number of anilines is 1. The average Bonchev–Trinajstić information content (AvgIpc) is 3.03. The van der Waals surface area contributed by atoms with Crippen molar-refractivity contribution in [3.63, 3.8) is 0 Å². The molecule has 21 heavy (non-hydrogen) atoms. The van der Waals surface area contributed by atoms with E-state index in [1.807, 2.05) is 5.38 Å². The Morgan fingerprint density at radius 3 is 2.90 bits per heavy atom. The van der Waals surface area contributed by atoms with E-state index in [2.05, 4.69) is 15.3 Å². The van der Waals surface area contributed by atoms with E-state index in [9.17, 15) is 13.2 Å². The number of thiazole rings is 1. The molecule has 1 aromatic rings. The Morgan fingerprint density at radius 1 is 1.52 bits per heavy atom. The van der Waals surface area contributed by atoms with Gasteiger partial charge in [-0.25, -0.2) is 9.98 Å². The zero-order chi connectivity index (χ0) is 15.5. The molecule has 118 valence electrons. The van der Waals surface area contributed by atoms with Crippen LogP contribution in [0.25, 0.3) is 0 Å². The molecule has 4 N–H and O–H groups in total. The van der Waals surface area contributed by atoms with Gasteiger partial charge in [-0.05, 0) is 25.2 Å². The van der Waals surface area contributed by atoms with Crippen LogP contribution in [-0.4, -0.2) is 35.4 Å². The molecule has 0 aromatic carbocycles. The van der Waals surface area contributed by atoms with Crippen LogP contribution in [0.2, 0.25) is 0 Å². The number of rotatable bonds is 4. The van der Waals surface area contributed by atoms with Crippen LogP contribution in [0.4, 0.5) is 18.3 Å². The van der Waals surface area contributed by atoms with Gasteiger partial charge in [0.1, 0.15) is 6.54 Å². The summed E-state index contributed by atoms with van der Waals surface area (Å²) in [6.07, 6.45) is -1.55. The Morgan fingerprint density at radius 2 is 2.29 bits per heavy atom. The van der Waals surface area contributed by atoms with Crippen molar-refractivity contribution >= 4 is 22.4 Å². The molecule has 2 unspecified atom stereocenters. The Balaban J connectivity index is 1.91. The maximum Gasteiger partial charge on any atom is 0.408 e. The summed E-state index contributed by atoms with van der Waals surface area (Å²) in [6, 6.07) is 0. The Kier molecular flexibility index (Phi) is 5.04. The first-order chi connectivity index (χ1) is 9.87. The summed E-state index contributed by atoms with van der Waals surface area (Å²) >= 11 is 1.28. The lowest BCUT2D eigenvalue weighted by atomic mass is 10.0. The van der Waals surface area contributed by atoms with Gasteiger partial charge in [0.25, 0.3) is 0 Å². The Hall–Kier alpha value is -1.35. The number of guanidine groups is 1. The third-order valence-corrected chi connectivity index (χ3v) is 4.18. The number of halogens is 3. The van der Waals surface area contributed by atoms with Crippen LogP contribution in [0.5, 0.6) is 0 Å². The number of aromatic nitrogens is 1. The lowest BCUT2D eigenvalue weighted by Gasteiger charge is -2.06. The second-order valence-electron chi connectivity index (χ2n) is 5.08. The molecule has 2 atom stereocenters. The smallest absolute Gasteiger partial charge is 0.396 e. The van der Waals surface area contributed by atoms with Gasteiger partial charge in [0.15, 0.2) is 11.1 Å². The molecule has 1 saturated carbocycles. The Bertz CT molecular complexity index is 503. The molecule has 0 radical (unpaired) electrons. The fourth-order valence-electron chi connectivity index (χ4n) is 2.36. The van der Waals surface area contributed by atoms with Gasteiger partial charge < -0.3 is 16.2 Å². The van der Waals surface area contributed by atoms with Gasteiger partial charge in [0.05, 0.1) is 5.69 Å². The molecule has 0 saturated heterocycles. The van der Waals surface area contributed by atoms with Crippen molar-refractivity contribution in [3.8, 4) is 0 Å². The summed E-state index contributed by atoms with van der Waals surface area (Å²) in [6.45, 7) is -1.13. The number of hydrogen-bond donors (Lipinski definition) is 3. The van der Waals surface area contributed by atoms with Gasteiger partial charge in [-0.3, -0.25) is 0 Å². The third-order valence-electron chi connectivity index (χ3n) is 3.40. The zero-order valence-corrected chi connectivity index (χ0v) is 12.0. The molecular weight excluding hydrogens is 305 g/mol. The summed E-state index contributed by atoms with van der Waals surface area (Å²) < 4.78 is 36.0. The highest BCUT2D eigenvalue weighted by Gasteiger charge is 2.28. The van der Waals surface area contributed by atoms with Crippen molar-refractivity contribution in [2.75, 3.05) is 18.5 Å². The SMILES string of the molecule is N/C(=N/CC(F)(F)F)Nc1nc(C2CCC(CO)C2)cs1. The van der Waals surface area contributed by atoms with Crippen molar-refractivity contribution in [1.82, 2.24) is 4.98 Å². The number of aliphatic hydroxyl groups is 1. The number of alkyl halides is 3. The van der Waals surface area contributed by atoms with Crippen molar-refractivity contribution < 1.29 is 18.3 Å². The number of nitrogens with zero attached hydrogens (tertiary/aromatic N) is 2. The second kappa shape index (κ2) is 6.61. The Labute approximate surface area is 124 Å². The first-order valence-corrected chi connectivity index (χ1v) is 7.45. The minimum absolute atomic E-state index is 0.183. The van der Waals surface area contributed by atoms with Crippen molar-refractivity contribution in [3.05, 3.63) is 11.1 Å². The molecule has 1 aliphatic carbocycles. The maximum atomic E-state index is 12.0. The monoisotopic (exact) mass is 322 g/mol. The van der Waals surface area contributed by atoms with E-state index in [1.165, 1.54) is 11.3 Å². The highest BCUT2D eigenvalue weighted by atomic mass is 32.1. The van der Waals surface area contributed by atoms with Crippen LogP contribution < -0.4 is 11.1 Å². The second-order valence-corrected chi connectivity index (χ2v) is 5.94. The van der Waals surface area contributed by atoms with Crippen LogP contribution in [0, 0.1) is 5.92 Å². The number of hydrogen-bond acceptors (Lipinski definition) is 4. The number of aliphatic imine (C=N–C) groups is 1. The lowest BCUT2D eigenvalue weighted by molar-refractivity contribution is -0.118. The first kappa shape index (κ1) is 16.0. The maximum absolute atomic E-state index is 12.0. The summed E-state index contributed by atoms with van der Waals surface area (Å²) in [5.74, 6) is 0.307. The molecule has 0 bridgehead atoms. The van der Waals surface area contributed by atoms with Crippen LogP contribution in [0.3, 0.4) is 0 Å². The van der Waals surface area contributed by atoms with Crippen LogP contribution in [0.1, 0.15) is 30.9 Å². The number of aliphatic hydroxyl groups excluding tert-OH is 1. The minimum atomic E-state index is -4.37. The van der Waals surface area contributed by atoms with Gasteiger partial charge in [0.2, 0.25) is 0 Å². The predicted octanol–water partition coefficient (Wildman–Crippen LogP) is 2.31. The van der Waals surface area contributed by atoms with E-state index in [0.717, 1.165) is 25.0 Å². The fourth-order valence-corrected chi connectivity index (χ4v) is 3.16. The van der Waals surface area contributed by atoms with E-state index >= 15 is 0 Å². The summed E-state index contributed by atoms with van der Waals surface area (Å²) in [5, 5.41) is 14.0. The summed E-state index contributed by atoms with van der Waals surface area (Å²) in [7, 11) is 0. The lowest BCUT2D eigenvalue weighted by Crippen LogP contribution is -2.25. The minimum Gasteiger partial charge on any atom is -0.396 e. The van der Waals surface area contributed by atoms with E-state index in [-0.39, 0.29) is 12.6 Å². The van der Waals surface area contributed by atoms with E-state index in [4.69, 9.17) is 10.8 Å². The van der Waals surface area contributed by atoms with Gasteiger partial charge in [-0.2, -0.15) is 13.2 Å². The zero-order valence-electron chi connectivity index (χ0n) is 11.2. The number of nitrogens with one attached hydrogen (secondary N) is 1. The topological polar surface area (TPSA) is 83.5 Å². The highest BCUT2D eigenvalue weighted by Crippen LogP contribution is 2.38. The number of nitrogens with two attached hydrogens (primary N) is 1. The molecule has 9 heteroatoms. The van der Waals surface area contributed by atoms with Crippen LogP contribution >= 0.6 is 11.3 Å². The predicted molar refractivity (Wildman–Crippen MR) is 75.4 cm³/mol. The summed E-state index contributed by atoms with van der Waals surface area (Å²) in [5.41, 5.74) is 6.28. The van der Waals surface area contributed by atoms with Crippen LogP contribution in [0.15, 0.2) is 10.4 Å². The van der Waals surface area contributed by atoms with Crippen molar-refractivity contribution in [2.45, 2.75) is 31.4 Å². The largest absolute Gasteiger partial charge is 0.408 e. The molecular formula is C12H17F3N4OS. The molecule has 0 aliphatic heterocycles. The molecule has 1 aromatic heterocycles. The van der Waals surface area contributed by atoms with Gasteiger partial charge in [0, 0.05) is 17.9 Å². The first-order valence-electron chi connectivity index (χ1n) is 6.57. The third kappa shape index (κ3) is 4.85. The van der Waals surface area contributed by atoms with E-state index in [0.29, 0.717) is 17.0 Å². The van der Waals surface area contributed by atoms with E-state index in [1.54, 1.807) is 0 Å². The molecule has 2 rings (SSSR count). The molecule has 1 heterocycles. The standard InChI is InChI=1S/C12H17F3N4OS/c13-12(14,15)6-17-10(16)19-11-18-9(5-21-11)8-2-1-7(3-8)4-20/h5,7-8,20H,1-4,6H2,(H3,16,17,18,19). The van der Waals surface area contributed by atoms with E-state index < -0.39 is 12.7 Å². The van der Waals surface area contributed by atoms with Crippen molar-refractivity contribution in [1.29, 1.82) is 0 Å². The quantitative estimate of drug-likeness (QED) is 0.587. The molecule has 1 aliphatic rings. The summed E-state index contributed by atoms with van der Waals surface area (Å²) in [4.78, 5) is 7.54. The van der Waals surface area contributed by atoms with Gasteiger partial charge in [-0.1, -0.05) is 0 Å². The molecule has 0 spiro atoms. The molecule has 1 fully saturated rings. The van der Waals surface area contributed by atoms with Gasteiger partial charge >= 0.3 is 6.18 Å². The molecule has 0 amide bonds. The highest BCUT2D eigenvalue weighted by molar-refractivity contribution is 7.13. The average molecular weight is 322 g/mol. The molecule has 5 nitrogen and oxygen atoms in total. The van der Waals surface area contributed by atoms with Crippen LogP contribution in [-0.2, 0) is 0 Å². The van der Waals surface area contributed by atoms with Gasteiger partial charge in [-0.15, -0.1) is 11.3 Å². The normalized spacial score (nSPS) is 23.5. The fraction of sp³-hybridized carbons (Fsp3) is 0.667.